The number of nitrogens with two attached hydrogens (primary N) is 2. The zero-order valence-electron chi connectivity index (χ0n) is 9.59. The van der Waals surface area contributed by atoms with Gasteiger partial charge in [0.25, 0.3) is 5.92 Å². The van der Waals surface area contributed by atoms with Gasteiger partial charge in [0.15, 0.2) is 0 Å². The van der Waals surface area contributed by atoms with Gasteiger partial charge in [-0.25, -0.2) is 13.6 Å². The van der Waals surface area contributed by atoms with E-state index in [1.54, 1.807) is 0 Å². The van der Waals surface area contributed by atoms with Crippen molar-refractivity contribution >= 4 is 5.97 Å². The van der Waals surface area contributed by atoms with E-state index in [1.165, 1.54) is 20.8 Å². The van der Waals surface area contributed by atoms with E-state index >= 15 is 0 Å². The van der Waals surface area contributed by atoms with Crippen molar-refractivity contribution < 1.29 is 23.4 Å². The Labute approximate surface area is 92.7 Å². The fourth-order valence-corrected chi connectivity index (χ4v) is 0.913. The molecule has 0 spiro atoms. The summed E-state index contributed by atoms with van der Waals surface area (Å²) >= 11 is 0. The molecule has 1 unspecified atom stereocenters. The number of alkyl halides is 2. The summed E-state index contributed by atoms with van der Waals surface area (Å²) in [7, 11) is 0. The Balaban J connectivity index is 5.05. The second-order valence-corrected chi connectivity index (χ2v) is 4.47. The van der Waals surface area contributed by atoms with Gasteiger partial charge in [0.2, 0.25) is 5.60 Å². The molecular formula is C9H18F2N2O3. The van der Waals surface area contributed by atoms with Crippen LogP contribution >= 0.6 is 0 Å². The number of carbonyl (C=O) groups excluding carboxylic acids is 1. The Morgan fingerprint density at radius 2 is 1.69 bits per heavy atom. The van der Waals surface area contributed by atoms with E-state index in [1.807, 2.05) is 0 Å². The molecule has 0 rings (SSSR count). The first kappa shape index (κ1) is 15.2. The van der Waals surface area contributed by atoms with Crippen molar-refractivity contribution in [3.05, 3.63) is 0 Å². The molecule has 0 aliphatic rings. The van der Waals surface area contributed by atoms with Gasteiger partial charge in [-0.3, -0.25) is 0 Å². The standard InChI is InChI=1S/C9H18F2N2O3/c1-7(2,3)16-6(14)8(15,4-12)9(10,11)5-13/h15H,4-5,12-13H2,1-3H3. The largest absolute Gasteiger partial charge is 0.458 e. The van der Waals surface area contributed by atoms with Crippen molar-refractivity contribution in [1.29, 1.82) is 0 Å². The van der Waals surface area contributed by atoms with Crippen LogP contribution in [0.15, 0.2) is 0 Å². The Morgan fingerprint density at radius 3 is 1.94 bits per heavy atom. The highest BCUT2D eigenvalue weighted by Gasteiger charge is 2.58. The number of hydrogen-bond acceptors (Lipinski definition) is 5. The summed E-state index contributed by atoms with van der Waals surface area (Å²) in [4.78, 5) is 11.4. The maximum absolute atomic E-state index is 13.3. The van der Waals surface area contributed by atoms with Crippen molar-refractivity contribution in [3.8, 4) is 0 Å². The second kappa shape index (κ2) is 4.60. The minimum absolute atomic E-state index is 0.966. The number of ether oxygens (including phenoxy) is 1. The number of esters is 1. The molecule has 0 fully saturated rings. The molecule has 0 aromatic rings. The van der Waals surface area contributed by atoms with Crippen molar-refractivity contribution in [2.24, 2.45) is 11.5 Å². The Bertz CT molecular complexity index is 266. The van der Waals surface area contributed by atoms with Crippen molar-refractivity contribution in [3.63, 3.8) is 0 Å². The molecular weight excluding hydrogens is 222 g/mol. The van der Waals surface area contributed by atoms with Crippen LogP contribution in [0.25, 0.3) is 0 Å². The van der Waals surface area contributed by atoms with Crippen LogP contribution in [-0.4, -0.2) is 41.3 Å². The molecule has 0 aliphatic carbocycles. The highest BCUT2D eigenvalue weighted by atomic mass is 19.3. The lowest BCUT2D eigenvalue weighted by atomic mass is 9.95. The molecule has 96 valence electrons. The maximum atomic E-state index is 13.3. The van der Waals surface area contributed by atoms with E-state index < -0.39 is 36.2 Å². The molecule has 0 saturated heterocycles. The minimum Gasteiger partial charge on any atom is -0.458 e. The summed E-state index contributed by atoms with van der Waals surface area (Å²) in [5, 5.41) is 9.55. The van der Waals surface area contributed by atoms with Crippen LogP contribution in [-0.2, 0) is 9.53 Å². The Morgan fingerprint density at radius 1 is 1.25 bits per heavy atom. The van der Waals surface area contributed by atoms with Crippen LogP contribution in [0.4, 0.5) is 8.78 Å². The first-order valence-electron chi connectivity index (χ1n) is 4.74. The van der Waals surface area contributed by atoms with Gasteiger partial charge in [-0.1, -0.05) is 0 Å². The van der Waals surface area contributed by atoms with E-state index in [0.29, 0.717) is 0 Å². The smallest absolute Gasteiger partial charge is 0.346 e. The number of carbonyl (C=O) groups is 1. The SMILES string of the molecule is CC(C)(C)OC(=O)C(O)(CN)C(F)(F)CN. The van der Waals surface area contributed by atoms with E-state index in [4.69, 9.17) is 11.5 Å². The molecule has 0 saturated carbocycles. The second-order valence-electron chi connectivity index (χ2n) is 4.47. The molecule has 0 radical (unpaired) electrons. The van der Waals surface area contributed by atoms with Gasteiger partial charge in [-0.15, -0.1) is 0 Å². The zero-order valence-corrected chi connectivity index (χ0v) is 9.59. The third-order valence-electron chi connectivity index (χ3n) is 1.89. The highest BCUT2D eigenvalue weighted by Crippen LogP contribution is 2.29. The summed E-state index contributed by atoms with van der Waals surface area (Å²) in [6.45, 7) is 2.30. The van der Waals surface area contributed by atoms with Gasteiger partial charge in [0.1, 0.15) is 5.60 Å². The zero-order chi connectivity index (χ0) is 13.2. The maximum Gasteiger partial charge on any atom is 0.346 e. The topological polar surface area (TPSA) is 98.6 Å². The molecule has 5 nitrogen and oxygen atoms in total. The first-order valence-corrected chi connectivity index (χ1v) is 4.74. The summed E-state index contributed by atoms with van der Waals surface area (Å²) in [6, 6.07) is 0. The van der Waals surface area contributed by atoms with Crippen molar-refractivity contribution in [1.82, 2.24) is 0 Å². The van der Waals surface area contributed by atoms with E-state index in [0.717, 1.165) is 0 Å². The molecule has 1 atom stereocenters. The predicted molar refractivity (Wildman–Crippen MR) is 53.9 cm³/mol. The molecule has 0 bridgehead atoms. The van der Waals surface area contributed by atoms with Gasteiger partial charge in [-0.2, -0.15) is 0 Å². The summed E-state index contributed by atoms with van der Waals surface area (Å²) in [5.41, 5.74) is 5.71. The molecule has 0 aromatic heterocycles. The number of rotatable bonds is 4. The monoisotopic (exact) mass is 240 g/mol. The molecule has 16 heavy (non-hydrogen) atoms. The number of hydrogen-bond donors (Lipinski definition) is 3. The number of halogens is 2. The Hall–Kier alpha value is -0.790. The highest BCUT2D eigenvalue weighted by molar-refractivity contribution is 5.81. The van der Waals surface area contributed by atoms with Crippen LogP contribution in [0.1, 0.15) is 20.8 Å². The summed E-state index contributed by atoms with van der Waals surface area (Å²) in [6.07, 6.45) is 0. The van der Waals surface area contributed by atoms with Gasteiger partial charge in [0, 0.05) is 6.54 Å². The van der Waals surface area contributed by atoms with Gasteiger partial charge in [0.05, 0.1) is 6.54 Å². The summed E-state index contributed by atoms with van der Waals surface area (Å²) in [5.74, 6) is -5.30. The third kappa shape index (κ3) is 3.10. The quantitative estimate of drug-likeness (QED) is 0.581. The van der Waals surface area contributed by atoms with Crippen molar-refractivity contribution in [2.45, 2.75) is 37.9 Å². The Kier molecular flexibility index (Phi) is 4.38. The van der Waals surface area contributed by atoms with E-state index in [9.17, 15) is 18.7 Å². The van der Waals surface area contributed by atoms with Crippen LogP contribution in [0.5, 0.6) is 0 Å². The molecule has 0 aromatic carbocycles. The summed E-state index contributed by atoms with van der Waals surface area (Å²) < 4.78 is 31.2. The van der Waals surface area contributed by atoms with E-state index in [2.05, 4.69) is 4.74 Å². The van der Waals surface area contributed by atoms with E-state index in [-0.39, 0.29) is 0 Å². The predicted octanol–water partition coefficient (Wildman–Crippen LogP) is -0.388. The van der Waals surface area contributed by atoms with Crippen LogP contribution < -0.4 is 11.5 Å². The van der Waals surface area contributed by atoms with Gasteiger partial charge < -0.3 is 21.3 Å². The fourth-order valence-electron chi connectivity index (χ4n) is 0.913. The normalized spacial score (nSPS) is 16.8. The van der Waals surface area contributed by atoms with Crippen LogP contribution in [0, 0.1) is 0 Å². The lowest BCUT2D eigenvalue weighted by Gasteiger charge is -2.34. The molecule has 0 aliphatic heterocycles. The lowest BCUT2D eigenvalue weighted by Crippen LogP contribution is -2.63. The number of aliphatic hydroxyl groups is 1. The minimum atomic E-state index is -3.83. The fraction of sp³-hybridized carbons (Fsp3) is 0.889. The molecule has 0 heterocycles. The third-order valence-corrected chi connectivity index (χ3v) is 1.89. The van der Waals surface area contributed by atoms with Gasteiger partial charge >= 0.3 is 5.97 Å². The van der Waals surface area contributed by atoms with Gasteiger partial charge in [-0.05, 0) is 20.8 Å². The molecule has 7 heteroatoms. The van der Waals surface area contributed by atoms with Crippen LogP contribution in [0.2, 0.25) is 0 Å². The van der Waals surface area contributed by atoms with Crippen molar-refractivity contribution in [2.75, 3.05) is 13.1 Å². The molecule has 5 N–H and O–H groups in total. The first-order chi connectivity index (χ1) is 7.00. The average Bonchev–Trinajstić information content (AvgIpc) is 2.13. The van der Waals surface area contributed by atoms with Crippen LogP contribution in [0.3, 0.4) is 0 Å². The lowest BCUT2D eigenvalue weighted by molar-refractivity contribution is -0.214. The molecule has 0 amide bonds. The average molecular weight is 240 g/mol.